The van der Waals surface area contributed by atoms with Gasteiger partial charge >= 0.3 is 0 Å². The van der Waals surface area contributed by atoms with Gasteiger partial charge in [-0.1, -0.05) is 113 Å². The number of benzene rings is 8. The van der Waals surface area contributed by atoms with Crippen molar-refractivity contribution in [2.75, 3.05) is 0 Å². The molecule has 0 radical (unpaired) electrons. The second-order valence-corrected chi connectivity index (χ2v) is 17.8. The maximum atomic E-state index is 2.50. The van der Waals surface area contributed by atoms with Crippen molar-refractivity contribution in [2.24, 2.45) is 0 Å². The summed E-state index contributed by atoms with van der Waals surface area (Å²) in [4.78, 5) is 5.26. The molecule has 0 N–H and O–H groups in total. The molecular weight excluding hydrogens is 680 g/mol. The number of para-hydroxylation sites is 2. The van der Waals surface area contributed by atoms with Crippen molar-refractivity contribution in [3.63, 3.8) is 0 Å². The van der Waals surface area contributed by atoms with E-state index in [1.54, 1.807) is 0 Å². The summed E-state index contributed by atoms with van der Waals surface area (Å²) in [5.74, 6) is 0. The Hall–Kier alpha value is -6.03. The average Bonchev–Trinajstić information content (AvgIpc) is 3.77. The second kappa shape index (κ2) is 13.1. The molecule has 0 aliphatic rings. The van der Waals surface area contributed by atoms with Gasteiger partial charge in [-0.05, 0) is 84.9 Å². The standard InChI is InChI=1S/C48H38B4N2S/c49-44-43-38-24-11-13-26-41(38)54(48(43)47(52)46(51)45(44)50)32-27-28-42-39(30-32)37-23-10-12-25-40(37)53(42)31-15-14-22-36(29-31)55(33-16-4-1-5-17-33,34-18-6-2-7-19-34)35-20-8-3-9-21-35/h1-30H,49-52H2. The van der Waals surface area contributed by atoms with E-state index in [0.717, 1.165) is 5.69 Å². The molecule has 0 atom stereocenters. The molecule has 7 heteroatoms. The Bertz CT molecular complexity index is 2990. The van der Waals surface area contributed by atoms with Crippen LogP contribution in [-0.4, -0.2) is 40.5 Å². The minimum Gasteiger partial charge on any atom is -0.310 e. The molecule has 0 aliphatic carbocycles. The summed E-state index contributed by atoms with van der Waals surface area (Å²) >= 11 is 0. The van der Waals surface area contributed by atoms with Crippen molar-refractivity contribution in [1.29, 1.82) is 0 Å². The number of hydrogen-bond acceptors (Lipinski definition) is 0. The largest absolute Gasteiger partial charge is 0.310 e. The molecule has 0 aliphatic heterocycles. The number of fused-ring (bicyclic) bond motifs is 6. The summed E-state index contributed by atoms with van der Waals surface area (Å²) in [6.07, 6.45) is 0. The van der Waals surface area contributed by atoms with Gasteiger partial charge in [-0.15, -0.1) is 15.5 Å². The zero-order valence-electron chi connectivity index (χ0n) is 31.6. The summed E-state index contributed by atoms with van der Waals surface area (Å²) in [6, 6.07) is 67.5. The van der Waals surface area contributed by atoms with E-state index in [-0.39, 0.29) is 0 Å². The molecule has 10 aromatic rings. The molecule has 2 aromatic heterocycles. The molecule has 0 saturated heterocycles. The van der Waals surface area contributed by atoms with Crippen LogP contribution in [0.2, 0.25) is 0 Å². The van der Waals surface area contributed by atoms with E-state index in [1.807, 2.05) is 0 Å². The third kappa shape index (κ3) is 4.96. The normalized spacial score (nSPS) is 12.2. The van der Waals surface area contributed by atoms with Crippen LogP contribution in [0.3, 0.4) is 0 Å². The van der Waals surface area contributed by atoms with E-state index in [0.29, 0.717) is 0 Å². The summed E-state index contributed by atoms with van der Waals surface area (Å²) < 4.78 is 4.97. The maximum Gasteiger partial charge on any atom is 0.141 e. The van der Waals surface area contributed by atoms with Gasteiger partial charge in [0.1, 0.15) is 31.4 Å². The van der Waals surface area contributed by atoms with E-state index in [2.05, 4.69) is 223 Å². The third-order valence-electron chi connectivity index (χ3n) is 11.9. The first kappa shape index (κ1) is 33.5. The topological polar surface area (TPSA) is 9.86 Å². The summed E-state index contributed by atoms with van der Waals surface area (Å²) in [5, 5.41) is 5.16. The van der Waals surface area contributed by atoms with Crippen LogP contribution >= 0.6 is 10.0 Å². The monoisotopic (exact) mass is 718 g/mol. The van der Waals surface area contributed by atoms with Crippen LogP contribution < -0.4 is 21.9 Å². The van der Waals surface area contributed by atoms with E-state index < -0.39 is 10.0 Å². The van der Waals surface area contributed by atoms with Gasteiger partial charge in [-0.2, -0.15) is 0 Å². The van der Waals surface area contributed by atoms with Crippen LogP contribution in [0.1, 0.15) is 0 Å². The number of hydrogen-bond donors (Lipinski definition) is 0. The zero-order chi connectivity index (χ0) is 37.3. The fraction of sp³-hybridized carbons (Fsp3) is 0. The molecule has 2 nitrogen and oxygen atoms in total. The quantitative estimate of drug-likeness (QED) is 0.180. The van der Waals surface area contributed by atoms with Gasteiger partial charge in [-0.3, -0.25) is 0 Å². The van der Waals surface area contributed by atoms with Crippen molar-refractivity contribution >= 4 is 107 Å². The molecule has 0 bridgehead atoms. The van der Waals surface area contributed by atoms with Crippen LogP contribution in [0, 0.1) is 0 Å². The van der Waals surface area contributed by atoms with E-state index in [9.17, 15) is 0 Å². The van der Waals surface area contributed by atoms with Crippen LogP contribution in [-0.2, 0) is 0 Å². The van der Waals surface area contributed by atoms with Gasteiger partial charge in [0.15, 0.2) is 0 Å². The maximum absolute atomic E-state index is 2.50. The molecule has 10 rings (SSSR count). The summed E-state index contributed by atoms with van der Waals surface area (Å²) in [7, 11) is 7.28. The Morgan fingerprint density at radius 1 is 0.327 bits per heavy atom. The number of rotatable bonds is 6. The summed E-state index contributed by atoms with van der Waals surface area (Å²) in [5.41, 5.74) is 12.7. The second-order valence-electron chi connectivity index (χ2n) is 14.7. The van der Waals surface area contributed by atoms with E-state index in [4.69, 9.17) is 0 Å². The van der Waals surface area contributed by atoms with Crippen LogP contribution in [0.5, 0.6) is 0 Å². The molecule has 0 saturated carbocycles. The third-order valence-corrected chi connectivity index (χ3v) is 15.8. The van der Waals surface area contributed by atoms with Crippen molar-refractivity contribution in [3.8, 4) is 11.4 Å². The highest BCUT2D eigenvalue weighted by atomic mass is 32.3. The molecule has 55 heavy (non-hydrogen) atoms. The first-order chi connectivity index (χ1) is 27.0. The Labute approximate surface area is 327 Å². The van der Waals surface area contributed by atoms with Crippen LogP contribution in [0.4, 0.5) is 0 Å². The minimum atomic E-state index is -1.84. The molecule has 0 unspecified atom stereocenters. The first-order valence-corrected chi connectivity index (χ1v) is 20.7. The molecule has 0 amide bonds. The average molecular weight is 718 g/mol. The van der Waals surface area contributed by atoms with Gasteiger partial charge in [0, 0.05) is 58.0 Å². The van der Waals surface area contributed by atoms with Gasteiger partial charge in [0.25, 0.3) is 0 Å². The minimum absolute atomic E-state index is 1.16. The van der Waals surface area contributed by atoms with Crippen molar-refractivity contribution in [1.82, 2.24) is 9.13 Å². The van der Waals surface area contributed by atoms with Gasteiger partial charge < -0.3 is 9.13 Å². The molecule has 258 valence electrons. The molecule has 8 aromatic carbocycles. The fourth-order valence-corrected chi connectivity index (χ4v) is 13.0. The highest BCUT2D eigenvalue weighted by Gasteiger charge is 2.33. The van der Waals surface area contributed by atoms with Gasteiger partial charge in [0.05, 0.1) is 16.6 Å². The van der Waals surface area contributed by atoms with Gasteiger partial charge in [-0.25, -0.2) is 0 Å². The Kier molecular flexibility index (Phi) is 7.97. The van der Waals surface area contributed by atoms with Crippen LogP contribution in [0.25, 0.3) is 55.0 Å². The molecule has 2 heterocycles. The number of nitrogens with zero attached hydrogens (tertiary/aromatic N) is 2. The lowest BCUT2D eigenvalue weighted by molar-refractivity contribution is 1.14. The lowest BCUT2D eigenvalue weighted by atomic mass is 9.65. The SMILES string of the molecule is Bc1c(B)c(B)c2c(c1B)c1ccccc1n2-c1ccc2c(c1)c1ccccc1n2-c1cccc(S(c2ccccc2)(c2ccccc2)c2ccccc2)c1. The fourth-order valence-electron chi connectivity index (χ4n) is 9.05. The Balaban J connectivity index is 1.24. The Morgan fingerprint density at radius 2 is 0.800 bits per heavy atom. The van der Waals surface area contributed by atoms with Gasteiger partial charge in [0.2, 0.25) is 0 Å². The lowest BCUT2D eigenvalue weighted by Crippen LogP contribution is -2.48. The summed E-state index contributed by atoms with van der Waals surface area (Å²) in [6.45, 7) is 0. The first-order valence-electron chi connectivity index (χ1n) is 19.1. The highest BCUT2D eigenvalue weighted by molar-refractivity contribution is 8.34. The van der Waals surface area contributed by atoms with E-state index >= 15 is 0 Å². The Morgan fingerprint density at radius 3 is 1.42 bits per heavy atom. The van der Waals surface area contributed by atoms with Crippen molar-refractivity contribution in [2.45, 2.75) is 19.6 Å². The predicted octanol–water partition coefficient (Wildman–Crippen LogP) is 6.26. The van der Waals surface area contributed by atoms with Crippen molar-refractivity contribution in [3.05, 3.63) is 182 Å². The molecule has 0 spiro atoms. The van der Waals surface area contributed by atoms with Crippen LogP contribution in [0.15, 0.2) is 202 Å². The van der Waals surface area contributed by atoms with E-state index in [1.165, 1.54) is 90.7 Å². The zero-order valence-corrected chi connectivity index (χ0v) is 32.4. The molecule has 0 fully saturated rings. The predicted molar refractivity (Wildman–Crippen MR) is 248 cm³/mol. The lowest BCUT2D eigenvalue weighted by Gasteiger charge is -2.42. The molecular formula is C48H38B4N2S. The van der Waals surface area contributed by atoms with Crippen molar-refractivity contribution < 1.29 is 0 Å². The smallest absolute Gasteiger partial charge is 0.141 e. The highest BCUT2D eigenvalue weighted by Crippen LogP contribution is 2.73. The number of aromatic nitrogens is 2.